The lowest BCUT2D eigenvalue weighted by molar-refractivity contribution is 0.0697. The van der Waals surface area contributed by atoms with Crippen LogP contribution in [0.25, 0.3) is 0 Å². The van der Waals surface area contributed by atoms with Crippen LogP contribution in [0.15, 0.2) is 21.7 Å². The Morgan fingerprint density at radius 1 is 1.30 bits per heavy atom. The molecule has 11 heteroatoms. The monoisotopic (exact) mass is 353 g/mol. The van der Waals surface area contributed by atoms with Crippen LogP contribution in [-0.4, -0.2) is 29.5 Å². The maximum Gasteiger partial charge on any atom is 0.336 e. The molecule has 0 bridgehead atoms. The average molecular weight is 354 g/mol. The van der Waals surface area contributed by atoms with Crippen LogP contribution >= 0.6 is 34.5 Å². The number of rotatable bonds is 4. The van der Waals surface area contributed by atoms with Gasteiger partial charge in [0, 0.05) is 11.4 Å². The maximum absolute atomic E-state index is 12.0. The number of hydrogen-bond donors (Lipinski definition) is 2. The van der Waals surface area contributed by atoms with E-state index in [4.69, 9.17) is 28.3 Å². The first-order valence-corrected chi connectivity index (χ1v) is 7.94. The molecule has 0 radical (unpaired) electrons. The van der Waals surface area contributed by atoms with Gasteiger partial charge in [-0.2, -0.15) is 4.98 Å². The quantitative estimate of drug-likeness (QED) is 0.644. The summed E-state index contributed by atoms with van der Waals surface area (Å²) in [6, 6.07) is 2.22. The van der Waals surface area contributed by atoms with Crippen molar-refractivity contribution in [2.75, 3.05) is 4.72 Å². The third-order valence-corrected chi connectivity index (χ3v) is 5.15. The fraction of sp³-hybridized carbons (Fsp3) is 0. The molecule has 0 saturated heterocycles. The minimum atomic E-state index is -3.96. The molecule has 0 unspecified atom stereocenters. The van der Waals surface area contributed by atoms with Gasteiger partial charge in [0.2, 0.25) is 5.28 Å². The van der Waals surface area contributed by atoms with Gasteiger partial charge in [-0.05, 0) is 17.7 Å². The highest BCUT2D eigenvalue weighted by molar-refractivity contribution is 7.94. The van der Waals surface area contributed by atoms with Crippen LogP contribution in [-0.2, 0) is 10.0 Å². The lowest BCUT2D eigenvalue weighted by atomic mass is 10.4. The molecular formula is C9H5Cl2N3O4S2. The van der Waals surface area contributed by atoms with Crippen molar-refractivity contribution in [2.45, 2.75) is 4.21 Å². The van der Waals surface area contributed by atoms with Crippen molar-refractivity contribution in [3.63, 3.8) is 0 Å². The zero-order valence-electron chi connectivity index (χ0n) is 9.37. The molecule has 7 nitrogen and oxygen atoms in total. The van der Waals surface area contributed by atoms with Gasteiger partial charge in [-0.15, -0.1) is 11.3 Å². The maximum atomic E-state index is 12.0. The Morgan fingerprint density at radius 2 is 2.00 bits per heavy atom. The second kappa shape index (κ2) is 5.52. The molecule has 106 valence electrons. The summed E-state index contributed by atoms with van der Waals surface area (Å²) >= 11 is 12.0. The first kappa shape index (κ1) is 15.0. The minimum Gasteiger partial charge on any atom is -0.478 e. The van der Waals surface area contributed by atoms with Gasteiger partial charge < -0.3 is 5.11 Å². The lowest BCUT2D eigenvalue weighted by Gasteiger charge is -2.05. The van der Waals surface area contributed by atoms with E-state index in [2.05, 4.69) is 14.7 Å². The normalized spacial score (nSPS) is 11.3. The molecule has 2 rings (SSSR count). The van der Waals surface area contributed by atoms with E-state index in [1.54, 1.807) is 0 Å². The van der Waals surface area contributed by atoms with E-state index in [1.807, 2.05) is 0 Å². The molecule has 0 aliphatic rings. The number of thiophene rings is 1. The van der Waals surface area contributed by atoms with Crippen LogP contribution in [0.4, 0.5) is 5.82 Å². The SMILES string of the molecule is O=C(O)c1csc(S(=O)(=O)Nc2cc(Cl)nc(Cl)n2)c1. The summed E-state index contributed by atoms with van der Waals surface area (Å²) in [6.45, 7) is 0. The van der Waals surface area contributed by atoms with Crippen molar-refractivity contribution in [1.82, 2.24) is 9.97 Å². The van der Waals surface area contributed by atoms with Gasteiger partial charge in [-0.3, -0.25) is 4.72 Å². The highest BCUT2D eigenvalue weighted by atomic mass is 35.5. The fourth-order valence-electron chi connectivity index (χ4n) is 1.20. The van der Waals surface area contributed by atoms with E-state index < -0.39 is 16.0 Å². The number of nitrogens with zero attached hydrogens (tertiary/aromatic N) is 2. The zero-order chi connectivity index (χ0) is 14.9. The van der Waals surface area contributed by atoms with Crippen LogP contribution in [0.1, 0.15) is 10.4 Å². The van der Waals surface area contributed by atoms with E-state index in [-0.39, 0.29) is 26.0 Å². The predicted octanol–water partition coefficient (Wildman–Crippen LogP) is 2.34. The van der Waals surface area contributed by atoms with Gasteiger partial charge in [0.05, 0.1) is 5.56 Å². The average Bonchev–Trinajstić information content (AvgIpc) is 2.76. The van der Waals surface area contributed by atoms with E-state index in [0.717, 1.165) is 17.4 Å². The number of nitrogens with one attached hydrogen (secondary N) is 1. The molecule has 2 N–H and O–H groups in total. The Morgan fingerprint density at radius 3 is 2.55 bits per heavy atom. The van der Waals surface area contributed by atoms with E-state index in [9.17, 15) is 13.2 Å². The second-order valence-corrected chi connectivity index (χ2v) is 6.96. The molecule has 0 saturated carbocycles. The molecule has 0 fully saturated rings. The van der Waals surface area contributed by atoms with Crippen molar-refractivity contribution in [1.29, 1.82) is 0 Å². The smallest absolute Gasteiger partial charge is 0.336 e. The number of hydrogen-bond acceptors (Lipinski definition) is 6. The predicted molar refractivity (Wildman–Crippen MR) is 74.1 cm³/mol. The topological polar surface area (TPSA) is 109 Å². The number of carboxylic acids is 1. The molecule has 2 heterocycles. The van der Waals surface area contributed by atoms with Crippen molar-refractivity contribution in [3.8, 4) is 0 Å². The van der Waals surface area contributed by atoms with Crippen molar-refractivity contribution in [3.05, 3.63) is 33.5 Å². The van der Waals surface area contributed by atoms with Gasteiger partial charge in [-0.1, -0.05) is 11.6 Å². The summed E-state index contributed by atoms with van der Waals surface area (Å²) in [6.07, 6.45) is 0. The number of anilines is 1. The van der Waals surface area contributed by atoms with Crippen molar-refractivity contribution >= 4 is 56.3 Å². The fourth-order valence-corrected chi connectivity index (χ4v) is 3.75. The van der Waals surface area contributed by atoms with Crippen LogP contribution < -0.4 is 4.72 Å². The molecular weight excluding hydrogens is 349 g/mol. The third-order valence-electron chi connectivity index (χ3n) is 1.99. The Kier molecular flexibility index (Phi) is 4.14. The molecule has 0 aliphatic carbocycles. The Balaban J connectivity index is 2.32. The van der Waals surface area contributed by atoms with Crippen LogP contribution in [0, 0.1) is 0 Å². The molecule has 2 aromatic rings. The molecule has 2 aromatic heterocycles. The van der Waals surface area contributed by atoms with Crippen LogP contribution in [0.5, 0.6) is 0 Å². The van der Waals surface area contributed by atoms with Gasteiger partial charge in [-0.25, -0.2) is 18.2 Å². The number of aromatic nitrogens is 2. The van der Waals surface area contributed by atoms with E-state index in [1.165, 1.54) is 11.4 Å². The van der Waals surface area contributed by atoms with Gasteiger partial charge in [0.15, 0.2) is 0 Å². The highest BCUT2D eigenvalue weighted by Crippen LogP contribution is 2.23. The molecule has 0 amide bonds. The van der Waals surface area contributed by atoms with Gasteiger partial charge in [0.1, 0.15) is 15.2 Å². The molecule has 0 aromatic carbocycles. The van der Waals surface area contributed by atoms with E-state index in [0.29, 0.717) is 0 Å². The number of sulfonamides is 1. The molecule has 20 heavy (non-hydrogen) atoms. The Bertz CT molecular complexity index is 755. The number of carboxylic acid groups (broad SMARTS) is 1. The summed E-state index contributed by atoms with van der Waals surface area (Å²) < 4.78 is 26.0. The van der Waals surface area contributed by atoms with Gasteiger partial charge in [0.25, 0.3) is 10.0 Å². The first-order valence-electron chi connectivity index (χ1n) is 4.82. The zero-order valence-corrected chi connectivity index (χ0v) is 12.5. The van der Waals surface area contributed by atoms with Gasteiger partial charge >= 0.3 is 5.97 Å². The van der Waals surface area contributed by atoms with Crippen LogP contribution in [0.2, 0.25) is 10.4 Å². The molecule has 0 spiro atoms. The molecule has 0 atom stereocenters. The Labute approximate surface area is 127 Å². The number of halogens is 2. The summed E-state index contributed by atoms with van der Waals surface area (Å²) in [5, 5.41) is 9.74. The first-order chi connectivity index (χ1) is 9.28. The standard InChI is InChI=1S/C9H5Cl2N3O4S2/c10-5-2-6(13-9(11)12-5)14-20(17,18)7-1-4(3-19-7)8(15)16/h1-3H,(H,15,16)(H,12,13,14). The summed E-state index contributed by atoms with van der Waals surface area (Å²) in [7, 11) is -3.96. The molecule has 0 aliphatic heterocycles. The van der Waals surface area contributed by atoms with Crippen LogP contribution in [0.3, 0.4) is 0 Å². The number of aromatic carboxylic acids is 1. The van der Waals surface area contributed by atoms with Crippen molar-refractivity contribution in [2.24, 2.45) is 0 Å². The summed E-state index contributed by atoms with van der Waals surface area (Å²) in [5.74, 6) is -1.32. The summed E-state index contributed by atoms with van der Waals surface area (Å²) in [4.78, 5) is 18.0. The van der Waals surface area contributed by atoms with Crippen molar-refractivity contribution < 1.29 is 18.3 Å². The summed E-state index contributed by atoms with van der Waals surface area (Å²) in [5.41, 5.74) is -0.117. The number of carbonyl (C=O) groups is 1. The lowest BCUT2D eigenvalue weighted by Crippen LogP contribution is -2.13. The second-order valence-electron chi connectivity index (χ2n) is 3.41. The third kappa shape index (κ3) is 3.37. The minimum absolute atomic E-state index is 0.0277. The largest absolute Gasteiger partial charge is 0.478 e. The van der Waals surface area contributed by atoms with E-state index >= 15 is 0 Å². The highest BCUT2D eigenvalue weighted by Gasteiger charge is 2.20. The Hall–Kier alpha value is -1.42.